The van der Waals surface area contributed by atoms with E-state index in [2.05, 4.69) is 35.9 Å². The monoisotopic (exact) mass is 794 g/mol. The number of nitrogens with zero attached hydrogens (tertiary/aromatic N) is 6. The second kappa shape index (κ2) is 15.5. The molecule has 0 atom stereocenters. The Balaban J connectivity index is 0.000000198. The van der Waals surface area contributed by atoms with E-state index >= 15 is 0 Å². The van der Waals surface area contributed by atoms with Crippen molar-refractivity contribution in [2.75, 3.05) is 7.11 Å². The molecule has 11 nitrogen and oxygen atoms in total. The highest BCUT2D eigenvalue weighted by Gasteiger charge is 2.26. The lowest BCUT2D eigenvalue weighted by molar-refractivity contribution is 0.0521. The van der Waals surface area contributed by atoms with Gasteiger partial charge in [0.1, 0.15) is 21.5 Å². The molecule has 0 spiro atoms. The van der Waals surface area contributed by atoms with Crippen molar-refractivity contribution in [1.29, 1.82) is 0 Å². The number of methoxy groups -OCH3 is 1. The molecule has 0 bridgehead atoms. The number of benzene rings is 2. The van der Waals surface area contributed by atoms with Crippen molar-refractivity contribution in [3.63, 3.8) is 0 Å². The van der Waals surface area contributed by atoms with E-state index in [1.165, 1.54) is 9.13 Å². The van der Waals surface area contributed by atoms with Crippen LogP contribution in [0.2, 0.25) is 10.3 Å². The van der Waals surface area contributed by atoms with E-state index in [4.69, 9.17) is 37.4 Å². The molecule has 4 aromatic heterocycles. The van der Waals surface area contributed by atoms with Gasteiger partial charge in [0.2, 0.25) is 0 Å². The van der Waals surface area contributed by atoms with Gasteiger partial charge in [0.05, 0.1) is 23.1 Å². The average molecular weight is 797 g/mol. The van der Waals surface area contributed by atoms with Crippen LogP contribution >= 0.6 is 39.1 Å². The van der Waals surface area contributed by atoms with E-state index < -0.39 is 23.4 Å². The van der Waals surface area contributed by atoms with Crippen LogP contribution in [0.1, 0.15) is 52.9 Å². The van der Waals surface area contributed by atoms with Gasteiger partial charge in [0.15, 0.2) is 22.9 Å². The molecule has 0 saturated heterocycles. The molecule has 0 fully saturated rings. The van der Waals surface area contributed by atoms with Crippen LogP contribution in [0.25, 0.3) is 44.8 Å². The van der Waals surface area contributed by atoms with Crippen LogP contribution in [0.4, 0.5) is 9.59 Å². The van der Waals surface area contributed by atoms with Gasteiger partial charge in [-0.2, -0.15) is 0 Å². The molecule has 0 amide bonds. The van der Waals surface area contributed by atoms with Crippen molar-refractivity contribution < 1.29 is 23.8 Å². The third-order valence-corrected chi connectivity index (χ3v) is 8.17. The normalized spacial score (nSPS) is 11.7. The molecule has 14 heteroatoms. The molecule has 266 valence electrons. The van der Waals surface area contributed by atoms with Crippen LogP contribution in [0, 0.1) is 0 Å². The summed E-state index contributed by atoms with van der Waals surface area (Å²) in [7, 11) is 1.56. The highest BCUT2D eigenvalue weighted by Crippen LogP contribution is 2.31. The fourth-order valence-electron chi connectivity index (χ4n) is 4.99. The number of hydrogen-bond donors (Lipinski definition) is 0. The summed E-state index contributed by atoms with van der Waals surface area (Å²) in [4.78, 5) is 43.3. The zero-order valence-electron chi connectivity index (χ0n) is 29.2. The van der Waals surface area contributed by atoms with Gasteiger partial charge < -0.3 is 14.2 Å². The highest BCUT2D eigenvalue weighted by atomic mass is 79.9. The van der Waals surface area contributed by atoms with Gasteiger partial charge in [-0.05, 0) is 53.7 Å². The van der Waals surface area contributed by atoms with E-state index in [0.717, 1.165) is 11.1 Å². The van der Waals surface area contributed by atoms with Gasteiger partial charge in [-0.3, -0.25) is 0 Å². The minimum atomic E-state index is -0.642. The lowest BCUT2D eigenvalue weighted by Gasteiger charge is -2.20. The van der Waals surface area contributed by atoms with E-state index in [1.54, 1.807) is 19.2 Å². The smallest absolute Gasteiger partial charge is 0.420 e. The number of fused-ring (bicyclic) bond motifs is 2. The molecule has 2 aromatic carbocycles. The summed E-state index contributed by atoms with van der Waals surface area (Å²) in [5.41, 5.74) is 2.50. The molecule has 6 rings (SSSR count). The number of ether oxygens (including phenoxy) is 3. The fourth-order valence-corrected chi connectivity index (χ4v) is 5.84. The Bertz CT molecular complexity index is 2190. The molecular weight excluding hydrogens is 759 g/mol. The second-order valence-corrected chi connectivity index (χ2v) is 14.6. The predicted molar refractivity (Wildman–Crippen MR) is 203 cm³/mol. The average Bonchev–Trinajstić information content (AvgIpc) is 3.63. The van der Waals surface area contributed by atoms with Crippen molar-refractivity contribution in [3.8, 4) is 22.8 Å². The predicted octanol–water partition coefficient (Wildman–Crippen LogP) is 10.1. The van der Waals surface area contributed by atoms with Crippen LogP contribution in [-0.2, 0) is 26.1 Å². The minimum Gasteiger partial charge on any atom is -0.443 e. The zero-order chi connectivity index (χ0) is 37.1. The molecule has 0 radical (unpaired) electrons. The summed E-state index contributed by atoms with van der Waals surface area (Å²) in [5, 5.41) is 2.22. The van der Waals surface area contributed by atoms with E-state index in [0.29, 0.717) is 55.6 Å². The summed E-state index contributed by atoms with van der Waals surface area (Å²) in [6.07, 6.45) is -1.03. The summed E-state index contributed by atoms with van der Waals surface area (Å²) >= 11 is 16.1. The molecule has 6 aromatic rings. The number of aromatic nitrogens is 6. The Morgan fingerprint density at radius 2 is 1.06 bits per heavy atom. The number of alkyl halides is 1. The second-order valence-electron chi connectivity index (χ2n) is 13.4. The number of carbonyl (C=O) groups is 2. The van der Waals surface area contributed by atoms with Crippen LogP contribution in [0.3, 0.4) is 0 Å². The first-order valence-electron chi connectivity index (χ1n) is 15.9. The van der Waals surface area contributed by atoms with Crippen molar-refractivity contribution in [3.05, 3.63) is 94.5 Å². The largest absolute Gasteiger partial charge is 0.443 e. The van der Waals surface area contributed by atoms with Crippen molar-refractivity contribution in [2.24, 2.45) is 0 Å². The van der Waals surface area contributed by atoms with Crippen LogP contribution in [0.5, 0.6) is 0 Å². The molecule has 0 aliphatic rings. The first kappa shape index (κ1) is 37.9. The Morgan fingerprint density at radius 3 is 1.43 bits per heavy atom. The third-order valence-electron chi connectivity index (χ3n) is 7.02. The maximum Gasteiger partial charge on any atom is 0.420 e. The standard InChI is InChI=1S/C19H20ClN3O3.C18H17BrClN3O2/c1-19(2,3)26-18(24)23-13(11-25-4)10-14-15(20)21-16(22-17(14)23)12-8-6-5-7-9-12;1-18(2,3)25-17(24)23-12(10-19)9-13-14(20)21-15(22-16(13)23)11-7-5-4-6-8-11/h5-10H,11H2,1-4H3;4-9H,10H2,1-3H3. The van der Waals surface area contributed by atoms with Crippen LogP contribution in [-0.4, -0.2) is 59.6 Å². The van der Waals surface area contributed by atoms with Crippen molar-refractivity contribution in [1.82, 2.24) is 29.1 Å². The van der Waals surface area contributed by atoms with E-state index in [9.17, 15) is 9.59 Å². The Labute approximate surface area is 314 Å². The molecule has 4 heterocycles. The summed E-state index contributed by atoms with van der Waals surface area (Å²) in [6.45, 7) is 11.1. The Morgan fingerprint density at radius 1 is 0.667 bits per heavy atom. The Hall–Kier alpha value is -4.36. The summed E-state index contributed by atoms with van der Waals surface area (Å²) in [6, 6.07) is 22.5. The molecule has 51 heavy (non-hydrogen) atoms. The lowest BCUT2D eigenvalue weighted by atomic mass is 10.2. The molecular formula is C37H37BrCl2N6O5. The van der Waals surface area contributed by atoms with Gasteiger partial charge in [-0.1, -0.05) is 99.8 Å². The number of halogens is 3. The summed E-state index contributed by atoms with van der Waals surface area (Å²) in [5.74, 6) is 0.900. The molecule has 0 aliphatic heterocycles. The number of carbonyl (C=O) groups excluding carboxylic acids is 2. The fraction of sp³-hybridized carbons (Fsp3) is 0.297. The maximum absolute atomic E-state index is 12.8. The zero-order valence-corrected chi connectivity index (χ0v) is 32.3. The van der Waals surface area contributed by atoms with E-state index in [-0.39, 0.29) is 11.8 Å². The lowest BCUT2D eigenvalue weighted by Crippen LogP contribution is -2.28. The molecule has 0 saturated carbocycles. The van der Waals surface area contributed by atoms with Crippen LogP contribution in [0.15, 0.2) is 72.8 Å². The first-order valence-corrected chi connectivity index (χ1v) is 17.8. The van der Waals surface area contributed by atoms with Crippen LogP contribution < -0.4 is 0 Å². The third kappa shape index (κ3) is 8.93. The highest BCUT2D eigenvalue weighted by molar-refractivity contribution is 9.08. The molecule has 0 aliphatic carbocycles. The maximum atomic E-state index is 12.8. The molecule has 0 N–H and O–H groups in total. The molecule has 0 unspecified atom stereocenters. The minimum absolute atomic E-state index is 0.215. The van der Waals surface area contributed by atoms with Crippen molar-refractivity contribution >= 4 is 73.4 Å². The van der Waals surface area contributed by atoms with Crippen molar-refractivity contribution in [2.45, 2.75) is 64.7 Å². The Kier molecular flexibility index (Phi) is 11.5. The topological polar surface area (TPSA) is 123 Å². The first-order chi connectivity index (χ1) is 24.1. The number of hydrogen-bond acceptors (Lipinski definition) is 9. The van der Waals surface area contributed by atoms with Gasteiger partial charge in [-0.25, -0.2) is 38.7 Å². The quantitative estimate of drug-likeness (QED) is 0.124. The van der Waals surface area contributed by atoms with Gasteiger partial charge >= 0.3 is 12.2 Å². The summed E-state index contributed by atoms with van der Waals surface area (Å²) < 4.78 is 19.1. The van der Waals surface area contributed by atoms with Gasteiger partial charge in [-0.15, -0.1) is 0 Å². The SMILES string of the molecule is CC(C)(C)OC(=O)n1c(CBr)cc2c(Cl)nc(-c3ccccc3)nc21.COCc1cc2c(Cl)nc(-c3ccccc3)nc2n1C(=O)OC(C)(C)C. The van der Waals surface area contributed by atoms with Gasteiger partial charge in [0.25, 0.3) is 0 Å². The van der Waals surface area contributed by atoms with E-state index in [1.807, 2.05) is 102 Å². The van der Waals surface area contributed by atoms with Gasteiger partial charge in [0, 0.05) is 29.3 Å². The number of rotatable bonds is 5.